The zero-order valence-electron chi connectivity index (χ0n) is 16.1. The van der Waals surface area contributed by atoms with Gasteiger partial charge in [-0.05, 0) is 38.1 Å². The summed E-state index contributed by atoms with van der Waals surface area (Å²) >= 11 is 0. The topological polar surface area (TPSA) is 68.2 Å². The fourth-order valence-corrected chi connectivity index (χ4v) is 3.41. The van der Waals surface area contributed by atoms with E-state index in [4.69, 9.17) is 10.2 Å². The van der Waals surface area contributed by atoms with Gasteiger partial charge in [0.1, 0.15) is 17.5 Å². The first-order valence-corrected chi connectivity index (χ1v) is 9.06. The van der Waals surface area contributed by atoms with Crippen molar-refractivity contribution in [3.8, 4) is 11.4 Å². The molecular weight excluding hydrogens is 393 g/mol. The lowest BCUT2D eigenvalue weighted by Gasteiger charge is -2.10. The molecule has 4 rings (SSSR count). The van der Waals surface area contributed by atoms with Crippen molar-refractivity contribution in [2.24, 2.45) is 5.16 Å². The highest BCUT2D eigenvalue weighted by Crippen LogP contribution is 2.22. The van der Waals surface area contributed by atoms with Gasteiger partial charge in [0.2, 0.25) is 0 Å². The van der Waals surface area contributed by atoms with Gasteiger partial charge in [0.15, 0.2) is 0 Å². The van der Waals surface area contributed by atoms with Crippen molar-refractivity contribution >= 4 is 29.2 Å². The number of oxime groups is 1. The average Bonchev–Trinajstić information content (AvgIpc) is 3.30. The van der Waals surface area contributed by atoms with E-state index in [9.17, 15) is 4.39 Å². The van der Waals surface area contributed by atoms with E-state index in [0.717, 1.165) is 34.5 Å². The number of aryl methyl sites for hydroxylation is 1. The molecule has 6 nitrogen and oxygen atoms in total. The molecule has 2 heterocycles. The molecule has 0 spiro atoms. The van der Waals surface area contributed by atoms with Crippen LogP contribution in [0.1, 0.15) is 25.2 Å². The van der Waals surface area contributed by atoms with Crippen LogP contribution in [0.25, 0.3) is 22.4 Å². The zero-order valence-corrected chi connectivity index (χ0v) is 16.9. The number of hydrogen-bond acceptors (Lipinski definition) is 4. The van der Waals surface area contributed by atoms with Crippen LogP contribution in [0, 0.1) is 5.82 Å². The summed E-state index contributed by atoms with van der Waals surface area (Å²) in [5.41, 5.74) is 3.94. The molecule has 0 aliphatic heterocycles. The lowest BCUT2D eigenvalue weighted by Crippen LogP contribution is -2.08. The molecule has 0 saturated carbocycles. The second-order valence-corrected chi connectivity index (χ2v) is 6.55. The highest BCUT2D eigenvalue weighted by Gasteiger charge is 2.14. The zero-order chi connectivity index (χ0) is 19.7. The number of aromatic nitrogens is 4. The number of halogens is 2. The van der Waals surface area contributed by atoms with E-state index < -0.39 is 0 Å². The van der Waals surface area contributed by atoms with Crippen LogP contribution >= 0.6 is 12.4 Å². The van der Waals surface area contributed by atoms with Gasteiger partial charge < -0.3 is 14.3 Å². The van der Waals surface area contributed by atoms with Gasteiger partial charge in [0, 0.05) is 30.1 Å². The summed E-state index contributed by atoms with van der Waals surface area (Å²) in [5, 5.41) is 12.3. The Morgan fingerprint density at radius 1 is 1.21 bits per heavy atom. The number of hydrogen-bond donors (Lipinski definition) is 1. The largest absolute Gasteiger partial charge is 0.411 e. The van der Waals surface area contributed by atoms with Gasteiger partial charge in [-0.3, -0.25) is 0 Å². The molecule has 0 fully saturated rings. The van der Waals surface area contributed by atoms with Crippen molar-refractivity contribution < 1.29 is 9.60 Å². The number of nitrogens with zero attached hydrogens (tertiary/aromatic N) is 5. The van der Waals surface area contributed by atoms with Crippen LogP contribution in [-0.4, -0.2) is 30.0 Å². The maximum absolute atomic E-state index is 13.6. The molecule has 0 aliphatic rings. The molecule has 0 aliphatic carbocycles. The third-order valence-electron chi connectivity index (χ3n) is 4.82. The Morgan fingerprint density at radius 3 is 2.76 bits per heavy atom. The molecule has 2 aromatic heterocycles. The summed E-state index contributed by atoms with van der Waals surface area (Å²) in [6.45, 7) is 5.09. The minimum absolute atomic E-state index is 0. The van der Waals surface area contributed by atoms with E-state index in [2.05, 4.69) is 21.6 Å². The lowest BCUT2D eigenvalue weighted by atomic mass is 10.1. The molecule has 0 bridgehead atoms. The van der Waals surface area contributed by atoms with Crippen LogP contribution < -0.4 is 0 Å². The molecule has 0 saturated heterocycles. The minimum atomic E-state index is -0.290. The van der Waals surface area contributed by atoms with Gasteiger partial charge in [0.25, 0.3) is 0 Å². The molecule has 0 atom stereocenters. The predicted octanol–water partition coefficient (Wildman–Crippen LogP) is 4.73. The molecule has 0 radical (unpaired) electrons. The Morgan fingerprint density at radius 2 is 2.03 bits per heavy atom. The smallest absolute Gasteiger partial charge is 0.140 e. The molecule has 29 heavy (non-hydrogen) atoms. The van der Waals surface area contributed by atoms with Crippen molar-refractivity contribution in [2.45, 2.75) is 26.9 Å². The van der Waals surface area contributed by atoms with Crippen LogP contribution in [0.15, 0.2) is 60.0 Å². The third kappa shape index (κ3) is 3.86. The van der Waals surface area contributed by atoms with Crippen LogP contribution in [0.5, 0.6) is 0 Å². The van der Waals surface area contributed by atoms with E-state index >= 15 is 0 Å². The Hall–Kier alpha value is -3.19. The number of benzene rings is 2. The van der Waals surface area contributed by atoms with Crippen molar-refractivity contribution in [3.05, 3.63) is 72.1 Å². The number of rotatable bonds is 5. The third-order valence-corrected chi connectivity index (χ3v) is 4.82. The molecule has 8 heteroatoms. The Balaban J connectivity index is 0.00000240. The number of fused-ring (bicyclic) bond motifs is 1. The van der Waals surface area contributed by atoms with E-state index in [1.807, 2.05) is 35.0 Å². The predicted molar refractivity (Wildman–Crippen MR) is 113 cm³/mol. The molecule has 1 N–H and O–H groups in total. The van der Waals surface area contributed by atoms with E-state index in [0.29, 0.717) is 18.1 Å². The Bertz CT molecular complexity index is 1180. The molecule has 2 aromatic carbocycles. The summed E-state index contributed by atoms with van der Waals surface area (Å²) < 4.78 is 17.7. The van der Waals surface area contributed by atoms with Crippen molar-refractivity contribution in [3.63, 3.8) is 0 Å². The second kappa shape index (κ2) is 8.45. The Labute approximate surface area is 173 Å². The van der Waals surface area contributed by atoms with E-state index in [-0.39, 0.29) is 18.2 Å². The summed E-state index contributed by atoms with van der Waals surface area (Å²) in [6.07, 6.45) is 3.58. The van der Waals surface area contributed by atoms with Crippen LogP contribution in [-0.2, 0) is 13.1 Å². The first-order valence-electron chi connectivity index (χ1n) is 9.06. The first-order chi connectivity index (χ1) is 13.6. The number of imidazole rings is 2. The normalized spacial score (nSPS) is 11.6. The van der Waals surface area contributed by atoms with Gasteiger partial charge in [-0.25, -0.2) is 14.4 Å². The molecule has 0 amide bonds. The van der Waals surface area contributed by atoms with Gasteiger partial charge in [-0.15, -0.1) is 12.4 Å². The van der Waals surface area contributed by atoms with Gasteiger partial charge in [-0.1, -0.05) is 23.4 Å². The molecule has 4 aromatic rings. The van der Waals surface area contributed by atoms with Crippen LogP contribution in [0.2, 0.25) is 0 Å². The van der Waals surface area contributed by atoms with E-state index in [1.54, 1.807) is 19.2 Å². The molecular formula is C21H21ClFN5O. The minimum Gasteiger partial charge on any atom is -0.411 e. The average molecular weight is 414 g/mol. The van der Waals surface area contributed by atoms with Crippen molar-refractivity contribution in [1.82, 2.24) is 19.1 Å². The Kier molecular flexibility index (Phi) is 5.98. The van der Waals surface area contributed by atoms with Crippen LogP contribution in [0.4, 0.5) is 4.39 Å². The summed E-state index contributed by atoms with van der Waals surface area (Å²) in [6, 6.07) is 12.2. The first kappa shape index (κ1) is 20.5. The standard InChI is InChI=1S/C21H20FN5O.ClH/c1-3-27-19-8-7-15(14(2)25-28)12-18(19)24-20(27)13-26-10-9-23-21(26)16-5-4-6-17(22)11-16;/h4-12,28H,3,13H2,1-2H3;1H/b25-14+;. The summed E-state index contributed by atoms with van der Waals surface area (Å²) in [7, 11) is 0. The monoisotopic (exact) mass is 413 g/mol. The summed E-state index contributed by atoms with van der Waals surface area (Å²) in [5.74, 6) is 1.28. The SMILES string of the molecule is CCn1c(Cn2ccnc2-c2cccc(F)c2)nc2cc(/C(C)=N/O)ccc21.Cl. The van der Waals surface area contributed by atoms with E-state index in [1.165, 1.54) is 12.1 Å². The van der Waals surface area contributed by atoms with Crippen LogP contribution in [0.3, 0.4) is 0 Å². The summed E-state index contributed by atoms with van der Waals surface area (Å²) in [4.78, 5) is 9.19. The van der Waals surface area contributed by atoms with Gasteiger partial charge in [0.05, 0.1) is 23.3 Å². The maximum Gasteiger partial charge on any atom is 0.140 e. The highest BCUT2D eigenvalue weighted by molar-refractivity contribution is 6.00. The fraction of sp³-hybridized carbons (Fsp3) is 0.190. The second-order valence-electron chi connectivity index (χ2n) is 6.55. The highest BCUT2D eigenvalue weighted by atomic mass is 35.5. The van der Waals surface area contributed by atoms with Crippen molar-refractivity contribution in [1.29, 1.82) is 0 Å². The maximum atomic E-state index is 13.6. The quantitative estimate of drug-likeness (QED) is 0.292. The molecule has 150 valence electrons. The fourth-order valence-electron chi connectivity index (χ4n) is 3.41. The van der Waals surface area contributed by atoms with Gasteiger partial charge in [-0.2, -0.15) is 0 Å². The lowest BCUT2D eigenvalue weighted by molar-refractivity contribution is 0.319. The van der Waals surface area contributed by atoms with Crippen molar-refractivity contribution in [2.75, 3.05) is 0 Å². The van der Waals surface area contributed by atoms with Gasteiger partial charge >= 0.3 is 0 Å². The molecule has 0 unspecified atom stereocenters.